The summed E-state index contributed by atoms with van der Waals surface area (Å²) >= 11 is 0. The summed E-state index contributed by atoms with van der Waals surface area (Å²) in [6.07, 6.45) is 1.25. The Hall–Kier alpha value is -0.0800. The van der Waals surface area contributed by atoms with E-state index in [4.69, 9.17) is 0 Å². The maximum atomic E-state index is 2.31. The Balaban J connectivity index is 0. The van der Waals surface area contributed by atoms with Crippen molar-refractivity contribution in [3.8, 4) is 0 Å². The maximum Gasteiger partial charge on any atom is 0.0106 e. The summed E-state index contributed by atoms with van der Waals surface area (Å²) in [5.74, 6) is 0. The van der Waals surface area contributed by atoms with E-state index in [9.17, 15) is 0 Å². The third kappa shape index (κ3) is 16.5. The molecule has 0 atom stereocenters. The summed E-state index contributed by atoms with van der Waals surface area (Å²) in [6, 6.07) is 0. The van der Waals surface area contributed by atoms with Gasteiger partial charge in [0.2, 0.25) is 0 Å². The van der Waals surface area contributed by atoms with E-state index in [2.05, 4.69) is 51.7 Å². The zero-order chi connectivity index (χ0) is 9.98. The molecule has 0 amide bonds. The van der Waals surface area contributed by atoms with Crippen LogP contribution in [0.4, 0.5) is 0 Å². The largest absolute Gasteiger partial charge is 0.308 e. The van der Waals surface area contributed by atoms with Crippen molar-refractivity contribution < 1.29 is 0 Å². The molecule has 0 bridgehead atoms. The van der Waals surface area contributed by atoms with E-state index in [-0.39, 0.29) is 0 Å². The van der Waals surface area contributed by atoms with Gasteiger partial charge in [0.25, 0.3) is 0 Å². The van der Waals surface area contributed by atoms with Gasteiger partial charge in [-0.25, -0.2) is 0 Å². The zero-order valence-electron chi connectivity index (χ0n) is 9.72. The number of hydrogen-bond acceptors (Lipinski definition) is 2. The van der Waals surface area contributed by atoms with Gasteiger partial charge in [0.05, 0.1) is 0 Å². The van der Waals surface area contributed by atoms with Crippen LogP contribution in [0.3, 0.4) is 0 Å². The quantitative estimate of drug-likeness (QED) is 0.642. The van der Waals surface area contributed by atoms with Gasteiger partial charge < -0.3 is 9.80 Å². The summed E-state index contributed by atoms with van der Waals surface area (Å²) < 4.78 is 0. The second-order valence-electron chi connectivity index (χ2n) is 3.41. The van der Waals surface area contributed by atoms with Crippen LogP contribution in [-0.4, -0.2) is 50.6 Å². The van der Waals surface area contributed by atoms with Crippen molar-refractivity contribution in [1.29, 1.82) is 0 Å². The smallest absolute Gasteiger partial charge is 0.0106 e. The van der Waals surface area contributed by atoms with Gasteiger partial charge in [0, 0.05) is 13.1 Å². The van der Waals surface area contributed by atoms with Crippen molar-refractivity contribution in [2.24, 2.45) is 0 Å². The topological polar surface area (TPSA) is 6.48 Å². The van der Waals surface area contributed by atoms with E-state index >= 15 is 0 Å². The van der Waals surface area contributed by atoms with Crippen molar-refractivity contribution in [3.05, 3.63) is 0 Å². The van der Waals surface area contributed by atoms with Gasteiger partial charge in [-0.1, -0.05) is 27.2 Å². The summed E-state index contributed by atoms with van der Waals surface area (Å²) in [4.78, 5) is 4.51. The lowest BCUT2D eigenvalue weighted by Crippen LogP contribution is -2.28. The van der Waals surface area contributed by atoms with E-state index in [1.807, 2.05) is 0 Å². The van der Waals surface area contributed by atoms with Crippen LogP contribution in [0, 0.1) is 0 Å². The predicted octanol–water partition coefficient (Wildman–Crippen LogP) is 1.92. The van der Waals surface area contributed by atoms with Crippen molar-refractivity contribution in [2.75, 3.05) is 40.8 Å². The highest BCUT2D eigenvalue weighted by Crippen LogP contribution is 1.81. The Bertz CT molecular complexity index is 72.2. The Morgan fingerprint density at radius 1 is 0.833 bits per heavy atom. The van der Waals surface area contributed by atoms with Gasteiger partial charge in [-0.15, -0.1) is 0 Å². The van der Waals surface area contributed by atoms with Crippen molar-refractivity contribution in [1.82, 2.24) is 9.80 Å². The Morgan fingerprint density at radius 3 is 1.50 bits per heavy atom. The first-order valence-corrected chi connectivity index (χ1v) is 4.91. The van der Waals surface area contributed by atoms with Crippen LogP contribution in [0.2, 0.25) is 0 Å². The molecular formula is C10H26N2. The van der Waals surface area contributed by atoms with Gasteiger partial charge in [-0.05, 0) is 27.7 Å². The lowest BCUT2D eigenvalue weighted by atomic mass is 10.5. The molecule has 0 fully saturated rings. The molecule has 0 rings (SSSR count). The van der Waals surface area contributed by atoms with E-state index < -0.39 is 0 Å². The van der Waals surface area contributed by atoms with Crippen molar-refractivity contribution >= 4 is 0 Å². The van der Waals surface area contributed by atoms with Crippen LogP contribution in [0.15, 0.2) is 0 Å². The second-order valence-corrected chi connectivity index (χ2v) is 3.41. The summed E-state index contributed by atoms with van der Waals surface area (Å²) in [7, 11) is 6.34. The molecule has 0 saturated heterocycles. The van der Waals surface area contributed by atoms with Crippen molar-refractivity contribution in [3.63, 3.8) is 0 Å². The van der Waals surface area contributed by atoms with Gasteiger partial charge in [0.1, 0.15) is 0 Å². The van der Waals surface area contributed by atoms with E-state index in [0.29, 0.717) is 0 Å². The predicted molar refractivity (Wildman–Crippen MR) is 57.7 cm³/mol. The van der Waals surface area contributed by atoms with Gasteiger partial charge in [-0.2, -0.15) is 0 Å². The molecule has 2 heteroatoms. The summed E-state index contributed by atoms with van der Waals surface area (Å²) in [5, 5.41) is 0. The van der Waals surface area contributed by atoms with Gasteiger partial charge in [0.15, 0.2) is 0 Å². The number of nitrogens with zero attached hydrogens (tertiary/aromatic N) is 2. The highest BCUT2D eigenvalue weighted by Gasteiger charge is 1.93. The molecule has 0 aromatic carbocycles. The monoisotopic (exact) mass is 174 g/mol. The number of hydrogen-bond donors (Lipinski definition) is 0. The minimum atomic E-state index is 1.15. The molecular weight excluding hydrogens is 148 g/mol. The van der Waals surface area contributed by atoms with Crippen LogP contribution >= 0.6 is 0 Å². The van der Waals surface area contributed by atoms with Gasteiger partial charge >= 0.3 is 0 Å². The molecule has 0 spiro atoms. The fourth-order valence-corrected chi connectivity index (χ4v) is 0.529. The van der Waals surface area contributed by atoms with Crippen LogP contribution in [0.25, 0.3) is 0 Å². The fraction of sp³-hybridized carbons (Fsp3) is 1.00. The molecule has 12 heavy (non-hydrogen) atoms. The third-order valence-corrected chi connectivity index (χ3v) is 1.47. The molecule has 76 valence electrons. The lowest BCUT2D eigenvalue weighted by Gasteiger charge is -2.16. The fourth-order valence-electron chi connectivity index (χ4n) is 0.529. The third-order valence-electron chi connectivity index (χ3n) is 1.47. The molecule has 2 nitrogen and oxygen atoms in total. The standard InChI is InChI=1S/C7H18N2.C3H8/c1-5-9(4)7-6-8(2)3;1-3-2/h5-7H2,1-4H3;3H2,1-2H3. The number of rotatable bonds is 4. The van der Waals surface area contributed by atoms with E-state index in [1.165, 1.54) is 13.0 Å². The lowest BCUT2D eigenvalue weighted by molar-refractivity contribution is 0.292. The molecule has 0 aromatic rings. The maximum absolute atomic E-state index is 2.31. The molecule has 0 unspecified atom stereocenters. The molecule has 0 aromatic heterocycles. The van der Waals surface area contributed by atoms with Crippen molar-refractivity contribution in [2.45, 2.75) is 27.2 Å². The van der Waals surface area contributed by atoms with Gasteiger partial charge in [-0.3, -0.25) is 0 Å². The average molecular weight is 174 g/mol. The first kappa shape index (κ1) is 14.4. The molecule has 0 aliphatic carbocycles. The first-order chi connectivity index (χ1) is 5.58. The first-order valence-electron chi connectivity index (χ1n) is 4.91. The second kappa shape index (κ2) is 10.9. The van der Waals surface area contributed by atoms with Crippen LogP contribution in [-0.2, 0) is 0 Å². The minimum absolute atomic E-state index is 1.15. The van der Waals surface area contributed by atoms with Crippen LogP contribution in [0.1, 0.15) is 27.2 Å². The van der Waals surface area contributed by atoms with E-state index in [0.717, 1.165) is 13.1 Å². The molecule has 0 aliphatic rings. The SMILES string of the molecule is CCC.CCN(C)CCN(C)C. The Kier molecular flexibility index (Phi) is 13.1. The highest BCUT2D eigenvalue weighted by molar-refractivity contribution is 4.49. The Morgan fingerprint density at radius 2 is 1.25 bits per heavy atom. The normalized spacial score (nSPS) is 10.0. The van der Waals surface area contributed by atoms with Crippen LogP contribution in [0.5, 0.6) is 0 Å². The molecule has 0 N–H and O–H groups in total. The molecule has 0 heterocycles. The average Bonchev–Trinajstić information content (AvgIpc) is 2.01. The molecule has 0 radical (unpaired) electrons. The molecule has 0 aliphatic heterocycles. The Labute approximate surface area is 78.5 Å². The molecule has 0 saturated carbocycles. The van der Waals surface area contributed by atoms with Crippen LogP contribution < -0.4 is 0 Å². The highest BCUT2D eigenvalue weighted by atomic mass is 15.1. The zero-order valence-corrected chi connectivity index (χ0v) is 9.72. The summed E-state index contributed by atoms with van der Waals surface area (Å²) in [5.41, 5.74) is 0. The summed E-state index contributed by atoms with van der Waals surface area (Å²) in [6.45, 7) is 9.90. The minimum Gasteiger partial charge on any atom is -0.308 e. The van der Waals surface area contributed by atoms with E-state index in [1.54, 1.807) is 0 Å². The number of likely N-dealkylation sites (N-methyl/N-ethyl adjacent to an activating group) is 2.